The fraction of sp³-hybridized carbons (Fsp3) is 0.276. The Bertz CT molecular complexity index is 1390. The van der Waals surface area contributed by atoms with Crippen LogP contribution in [0, 0.1) is 0 Å². The minimum atomic E-state index is -0.520. The summed E-state index contributed by atoms with van der Waals surface area (Å²) in [4.78, 5) is 25.0. The van der Waals surface area contributed by atoms with Gasteiger partial charge in [0.1, 0.15) is 5.92 Å². The zero-order valence-electron chi connectivity index (χ0n) is 20.0. The van der Waals surface area contributed by atoms with Crippen molar-refractivity contribution in [1.29, 1.82) is 0 Å². The molecule has 7 nitrogen and oxygen atoms in total. The SMILES string of the molecule is O=C1Nc2cc(-c3ccccc3)ccc2C1c1nc(OCCCN2CCOCC2)nc2ccccc12. The number of ether oxygens (including phenoxy) is 2. The Labute approximate surface area is 210 Å². The van der Waals surface area contributed by atoms with Crippen LogP contribution in [0.3, 0.4) is 0 Å². The summed E-state index contributed by atoms with van der Waals surface area (Å²) < 4.78 is 11.4. The van der Waals surface area contributed by atoms with Crippen molar-refractivity contribution in [2.45, 2.75) is 12.3 Å². The fourth-order valence-electron chi connectivity index (χ4n) is 4.98. The van der Waals surface area contributed by atoms with Gasteiger partial charge in [0.2, 0.25) is 5.91 Å². The molecule has 1 atom stereocenters. The number of hydrogen-bond donors (Lipinski definition) is 1. The van der Waals surface area contributed by atoms with Gasteiger partial charge in [-0.1, -0.05) is 60.7 Å². The number of amides is 1. The maximum absolute atomic E-state index is 13.2. The van der Waals surface area contributed by atoms with E-state index in [1.165, 1.54) is 0 Å². The average molecular weight is 481 g/mol. The van der Waals surface area contributed by atoms with Crippen LogP contribution in [-0.4, -0.2) is 60.2 Å². The molecule has 0 spiro atoms. The van der Waals surface area contributed by atoms with Crippen molar-refractivity contribution in [3.63, 3.8) is 0 Å². The monoisotopic (exact) mass is 480 g/mol. The Balaban J connectivity index is 1.27. The van der Waals surface area contributed by atoms with Crippen LogP contribution in [-0.2, 0) is 9.53 Å². The van der Waals surface area contributed by atoms with Crippen LogP contribution in [0.15, 0.2) is 72.8 Å². The standard InChI is InChI=1S/C29H28N4O3/c34-28-26(22-12-11-21(19-25(22)30-28)20-7-2-1-3-8-20)27-23-9-4-5-10-24(23)31-29(32-27)36-16-6-13-33-14-17-35-18-15-33/h1-5,7-12,19,26H,6,13-18H2,(H,30,34). The normalized spacial score (nSPS) is 17.7. The molecule has 1 amide bonds. The van der Waals surface area contributed by atoms with E-state index < -0.39 is 5.92 Å². The third-order valence-electron chi connectivity index (χ3n) is 6.83. The predicted molar refractivity (Wildman–Crippen MR) is 139 cm³/mol. The minimum absolute atomic E-state index is 0.0858. The number of aromatic nitrogens is 2. The van der Waals surface area contributed by atoms with Gasteiger partial charge in [0, 0.05) is 30.7 Å². The number of anilines is 1. The molecule has 3 aromatic carbocycles. The number of hydrogen-bond acceptors (Lipinski definition) is 6. The van der Waals surface area contributed by atoms with Crippen molar-refractivity contribution in [1.82, 2.24) is 14.9 Å². The molecule has 0 radical (unpaired) electrons. The predicted octanol–water partition coefficient (Wildman–Crippen LogP) is 4.48. The van der Waals surface area contributed by atoms with Crippen LogP contribution in [0.1, 0.15) is 23.6 Å². The molecule has 2 aliphatic rings. The molecule has 2 aliphatic heterocycles. The van der Waals surface area contributed by atoms with E-state index in [2.05, 4.69) is 33.4 Å². The van der Waals surface area contributed by atoms with Gasteiger partial charge in [-0.25, -0.2) is 0 Å². The number of carbonyl (C=O) groups excluding carboxylic acids is 1. The second kappa shape index (κ2) is 10.0. The summed E-state index contributed by atoms with van der Waals surface area (Å²) in [6.07, 6.45) is 0.876. The highest BCUT2D eigenvalue weighted by molar-refractivity contribution is 6.07. The Morgan fingerprint density at radius 2 is 1.75 bits per heavy atom. The zero-order chi connectivity index (χ0) is 24.3. The van der Waals surface area contributed by atoms with Crippen molar-refractivity contribution < 1.29 is 14.3 Å². The molecular weight excluding hydrogens is 452 g/mol. The minimum Gasteiger partial charge on any atom is -0.463 e. The topological polar surface area (TPSA) is 76.6 Å². The first kappa shape index (κ1) is 22.6. The van der Waals surface area contributed by atoms with Gasteiger partial charge in [-0.05, 0) is 35.2 Å². The zero-order valence-corrected chi connectivity index (χ0v) is 20.0. The third-order valence-corrected chi connectivity index (χ3v) is 6.83. The molecule has 1 fully saturated rings. The van der Waals surface area contributed by atoms with Gasteiger partial charge in [0.25, 0.3) is 0 Å². The highest BCUT2D eigenvalue weighted by Crippen LogP contribution is 2.41. The lowest BCUT2D eigenvalue weighted by atomic mass is 9.92. The quantitative estimate of drug-likeness (QED) is 0.393. The third kappa shape index (κ3) is 4.55. The first-order valence-electron chi connectivity index (χ1n) is 12.5. The molecule has 4 aromatic rings. The molecule has 7 heteroatoms. The Kier molecular flexibility index (Phi) is 6.32. The summed E-state index contributed by atoms with van der Waals surface area (Å²) in [6.45, 7) is 4.96. The highest BCUT2D eigenvalue weighted by Gasteiger charge is 2.35. The van der Waals surface area contributed by atoms with Gasteiger partial charge in [-0.3, -0.25) is 9.69 Å². The lowest BCUT2D eigenvalue weighted by Gasteiger charge is -2.26. The maximum atomic E-state index is 13.2. The molecule has 1 unspecified atom stereocenters. The first-order valence-corrected chi connectivity index (χ1v) is 12.5. The first-order chi connectivity index (χ1) is 17.8. The summed E-state index contributed by atoms with van der Waals surface area (Å²) in [5.41, 5.74) is 5.36. The number of nitrogens with one attached hydrogen (secondary N) is 1. The van der Waals surface area contributed by atoms with Crippen molar-refractivity contribution in [3.8, 4) is 17.1 Å². The van der Waals surface area contributed by atoms with Gasteiger partial charge in [0.05, 0.1) is 31.0 Å². The largest absolute Gasteiger partial charge is 0.463 e. The summed E-state index contributed by atoms with van der Waals surface area (Å²) in [5, 5.41) is 3.93. The van der Waals surface area contributed by atoms with Crippen LogP contribution >= 0.6 is 0 Å². The van der Waals surface area contributed by atoms with Crippen molar-refractivity contribution in [2.24, 2.45) is 0 Å². The number of fused-ring (bicyclic) bond motifs is 2. The number of benzene rings is 3. The molecule has 0 aliphatic carbocycles. The lowest BCUT2D eigenvalue weighted by molar-refractivity contribution is -0.116. The summed E-state index contributed by atoms with van der Waals surface area (Å²) in [7, 11) is 0. The molecule has 0 saturated carbocycles. The maximum Gasteiger partial charge on any atom is 0.317 e. The van der Waals surface area contributed by atoms with E-state index in [0.29, 0.717) is 18.3 Å². The van der Waals surface area contributed by atoms with E-state index in [1.54, 1.807) is 0 Å². The highest BCUT2D eigenvalue weighted by atomic mass is 16.5. The van der Waals surface area contributed by atoms with Crippen LogP contribution < -0.4 is 10.1 Å². The van der Waals surface area contributed by atoms with E-state index >= 15 is 0 Å². The smallest absolute Gasteiger partial charge is 0.317 e. The van der Waals surface area contributed by atoms with Crippen molar-refractivity contribution in [3.05, 3.63) is 84.1 Å². The molecule has 1 N–H and O–H groups in total. The molecule has 0 bridgehead atoms. The summed E-state index contributed by atoms with van der Waals surface area (Å²) >= 11 is 0. The molecule has 1 aromatic heterocycles. The molecular formula is C29H28N4O3. The number of nitrogens with zero attached hydrogens (tertiary/aromatic N) is 3. The molecule has 6 rings (SSSR count). The van der Waals surface area contributed by atoms with Gasteiger partial charge in [-0.2, -0.15) is 9.97 Å². The molecule has 1 saturated heterocycles. The number of rotatable bonds is 7. The molecule has 36 heavy (non-hydrogen) atoms. The van der Waals surface area contributed by atoms with Gasteiger partial charge < -0.3 is 14.8 Å². The lowest BCUT2D eigenvalue weighted by Crippen LogP contribution is -2.37. The Morgan fingerprint density at radius 3 is 2.61 bits per heavy atom. The van der Waals surface area contributed by atoms with E-state index in [9.17, 15) is 4.79 Å². The molecule has 182 valence electrons. The molecule has 3 heterocycles. The van der Waals surface area contributed by atoms with Crippen molar-refractivity contribution in [2.75, 3.05) is 44.8 Å². The van der Waals surface area contributed by atoms with Crippen LogP contribution in [0.25, 0.3) is 22.0 Å². The van der Waals surface area contributed by atoms with E-state index in [4.69, 9.17) is 14.5 Å². The van der Waals surface area contributed by atoms with Crippen molar-refractivity contribution >= 4 is 22.5 Å². The number of para-hydroxylation sites is 1. The summed E-state index contributed by atoms with van der Waals surface area (Å²) in [6, 6.07) is 24.4. The number of morpholine rings is 1. The van der Waals surface area contributed by atoms with E-state index in [1.807, 2.05) is 54.6 Å². The van der Waals surface area contributed by atoms with Crippen LogP contribution in [0.4, 0.5) is 5.69 Å². The van der Waals surface area contributed by atoms with Gasteiger partial charge >= 0.3 is 6.01 Å². The van der Waals surface area contributed by atoms with Crippen LogP contribution in [0.5, 0.6) is 6.01 Å². The van der Waals surface area contributed by atoms with Gasteiger partial charge in [0.15, 0.2) is 0 Å². The second-order valence-corrected chi connectivity index (χ2v) is 9.15. The van der Waals surface area contributed by atoms with E-state index in [0.717, 1.165) is 72.5 Å². The second-order valence-electron chi connectivity index (χ2n) is 9.15. The Morgan fingerprint density at radius 1 is 0.944 bits per heavy atom. The fourth-order valence-corrected chi connectivity index (χ4v) is 4.98. The summed E-state index contributed by atoms with van der Waals surface area (Å²) in [5.74, 6) is -0.606. The van der Waals surface area contributed by atoms with Crippen LogP contribution in [0.2, 0.25) is 0 Å². The van der Waals surface area contributed by atoms with E-state index in [-0.39, 0.29) is 5.91 Å². The average Bonchev–Trinajstić information content (AvgIpc) is 3.26. The van der Waals surface area contributed by atoms with Gasteiger partial charge in [-0.15, -0.1) is 0 Å². The Hall–Kier alpha value is -3.81. The number of carbonyl (C=O) groups is 1.